The van der Waals surface area contributed by atoms with Crippen LogP contribution in [0.4, 0.5) is 0 Å². The van der Waals surface area contributed by atoms with Crippen molar-refractivity contribution in [2.24, 2.45) is 0 Å². The molecule has 0 unspecified atom stereocenters. The third-order valence-corrected chi connectivity index (χ3v) is 7.41. The number of nitrogens with zero attached hydrogens (tertiary/aromatic N) is 2. The Morgan fingerprint density at radius 1 is 1.24 bits per heavy atom. The Labute approximate surface area is 216 Å². The maximum Gasteiger partial charge on any atom is 0.254 e. The molecule has 8 heteroatoms. The average molecular weight is 560 g/mol. The summed E-state index contributed by atoms with van der Waals surface area (Å²) in [5, 5.41) is 2.69. The first-order valence-corrected chi connectivity index (χ1v) is 12.9. The molecule has 2 amide bonds. The summed E-state index contributed by atoms with van der Waals surface area (Å²) in [5.74, 6) is 0.362. The van der Waals surface area contributed by atoms with Crippen molar-refractivity contribution in [2.75, 3.05) is 26.2 Å². The van der Waals surface area contributed by atoms with E-state index >= 15 is 0 Å². The number of thiophene rings is 1. The molecule has 3 aromatic rings. The zero-order chi connectivity index (χ0) is 24.1. The molecule has 0 saturated heterocycles. The zero-order valence-corrected chi connectivity index (χ0v) is 21.6. The van der Waals surface area contributed by atoms with Crippen LogP contribution in [0.3, 0.4) is 0 Å². The summed E-state index contributed by atoms with van der Waals surface area (Å²) in [5.41, 5.74) is 1.62. The second-order valence-electron chi connectivity index (χ2n) is 7.90. The third-order valence-electron chi connectivity index (χ3n) is 5.67. The molecule has 1 aliphatic heterocycles. The number of carbonyl (C=O) groups excluding carboxylic acids is 2. The van der Waals surface area contributed by atoms with Gasteiger partial charge in [0.15, 0.2) is 0 Å². The molecule has 5 nitrogen and oxygen atoms in total. The first-order chi connectivity index (χ1) is 16.5. The topological polar surface area (TPSA) is 49.9 Å². The van der Waals surface area contributed by atoms with Gasteiger partial charge in [0.2, 0.25) is 5.91 Å². The van der Waals surface area contributed by atoms with E-state index in [2.05, 4.69) is 34.0 Å². The molecule has 34 heavy (non-hydrogen) atoms. The van der Waals surface area contributed by atoms with Gasteiger partial charge in [0.1, 0.15) is 18.9 Å². The van der Waals surface area contributed by atoms with E-state index in [0.29, 0.717) is 29.5 Å². The van der Waals surface area contributed by atoms with Crippen LogP contribution >= 0.6 is 38.9 Å². The van der Waals surface area contributed by atoms with Crippen molar-refractivity contribution < 1.29 is 14.3 Å². The van der Waals surface area contributed by atoms with E-state index < -0.39 is 0 Å². The Kier molecular flexibility index (Phi) is 8.08. The standard InChI is InChI=1S/C26H24BrClN2O3S/c1-2-12-29(26(32)18-4-3-5-19(27)15-18)16-25(31)30-13-10-24-22(11-14-34-24)23(30)17-33-21-8-6-20(28)7-9-21/h2-9,11,14-15,23H,1,10,12-13,16-17H2/t23-/m0/s1. The smallest absolute Gasteiger partial charge is 0.254 e. The Hall–Kier alpha value is -2.61. The van der Waals surface area contributed by atoms with Gasteiger partial charge >= 0.3 is 0 Å². The van der Waals surface area contributed by atoms with Crippen molar-refractivity contribution in [2.45, 2.75) is 12.5 Å². The SMILES string of the molecule is C=CCN(CC(=O)N1CCc2sccc2[C@@H]1COc1ccc(Cl)cc1)C(=O)c1cccc(Br)c1. The Morgan fingerprint density at radius 2 is 2.03 bits per heavy atom. The Morgan fingerprint density at radius 3 is 2.76 bits per heavy atom. The highest BCUT2D eigenvalue weighted by molar-refractivity contribution is 9.10. The molecule has 0 spiro atoms. The maximum atomic E-state index is 13.5. The number of ether oxygens (including phenoxy) is 1. The van der Waals surface area contributed by atoms with Crippen LogP contribution in [0.25, 0.3) is 0 Å². The molecule has 0 fully saturated rings. The van der Waals surface area contributed by atoms with Crippen molar-refractivity contribution in [1.82, 2.24) is 9.80 Å². The van der Waals surface area contributed by atoms with E-state index in [4.69, 9.17) is 16.3 Å². The monoisotopic (exact) mass is 558 g/mol. The molecular weight excluding hydrogens is 536 g/mol. The van der Waals surface area contributed by atoms with E-state index in [1.165, 1.54) is 9.78 Å². The van der Waals surface area contributed by atoms with Crippen LogP contribution < -0.4 is 4.74 Å². The van der Waals surface area contributed by atoms with E-state index in [1.54, 1.807) is 47.7 Å². The van der Waals surface area contributed by atoms with Crippen LogP contribution in [0.15, 0.2) is 77.1 Å². The van der Waals surface area contributed by atoms with Gasteiger partial charge in [-0.3, -0.25) is 9.59 Å². The Balaban J connectivity index is 1.52. The first-order valence-electron chi connectivity index (χ1n) is 10.9. The van der Waals surface area contributed by atoms with Crippen LogP contribution in [-0.2, 0) is 11.2 Å². The minimum atomic E-state index is -0.232. The molecule has 176 valence electrons. The quantitative estimate of drug-likeness (QED) is 0.318. The fraction of sp³-hybridized carbons (Fsp3) is 0.231. The molecular formula is C26H24BrClN2O3S. The van der Waals surface area contributed by atoms with E-state index in [9.17, 15) is 9.59 Å². The van der Waals surface area contributed by atoms with E-state index in [0.717, 1.165) is 16.5 Å². The highest BCUT2D eigenvalue weighted by atomic mass is 79.9. The maximum absolute atomic E-state index is 13.5. The number of halogens is 2. The molecule has 0 aliphatic carbocycles. The van der Waals surface area contributed by atoms with E-state index in [1.807, 2.05) is 23.1 Å². The van der Waals surface area contributed by atoms with Gasteiger partial charge in [-0.25, -0.2) is 0 Å². The van der Waals surface area contributed by atoms with Crippen LogP contribution in [0.2, 0.25) is 5.02 Å². The van der Waals surface area contributed by atoms with E-state index in [-0.39, 0.29) is 30.9 Å². The number of hydrogen-bond donors (Lipinski definition) is 0. The molecule has 2 aromatic carbocycles. The highest BCUT2D eigenvalue weighted by Gasteiger charge is 2.33. The summed E-state index contributed by atoms with van der Waals surface area (Å²) < 4.78 is 6.85. The summed E-state index contributed by atoms with van der Waals surface area (Å²) in [6.45, 7) is 4.90. The zero-order valence-electron chi connectivity index (χ0n) is 18.5. The van der Waals surface area contributed by atoms with Crippen molar-refractivity contribution in [1.29, 1.82) is 0 Å². The molecule has 0 saturated carbocycles. The van der Waals surface area contributed by atoms with Crippen molar-refractivity contribution in [3.8, 4) is 5.75 Å². The van der Waals surface area contributed by atoms with Crippen molar-refractivity contribution in [3.63, 3.8) is 0 Å². The second kappa shape index (κ2) is 11.2. The lowest BCUT2D eigenvalue weighted by atomic mass is 10.0. The van der Waals surface area contributed by atoms with Gasteiger partial charge in [-0.1, -0.05) is 39.7 Å². The lowest BCUT2D eigenvalue weighted by molar-refractivity contribution is -0.135. The number of benzene rings is 2. The van der Waals surface area contributed by atoms with Gasteiger partial charge < -0.3 is 14.5 Å². The predicted molar refractivity (Wildman–Crippen MR) is 140 cm³/mol. The number of amides is 2. The van der Waals surface area contributed by atoms with Crippen LogP contribution in [0.1, 0.15) is 26.8 Å². The fourth-order valence-corrected chi connectivity index (χ4v) is 5.47. The molecule has 1 atom stereocenters. The third kappa shape index (κ3) is 5.71. The first kappa shape index (κ1) is 24.5. The summed E-state index contributed by atoms with van der Waals surface area (Å²) in [4.78, 5) is 31.3. The number of rotatable bonds is 8. The molecule has 0 radical (unpaired) electrons. The minimum Gasteiger partial charge on any atom is -0.491 e. The minimum absolute atomic E-state index is 0.0335. The summed E-state index contributed by atoms with van der Waals surface area (Å²) >= 11 is 11.1. The van der Waals surface area contributed by atoms with Crippen LogP contribution in [-0.4, -0.2) is 47.9 Å². The Bertz CT molecular complexity index is 1180. The number of carbonyl (C=O) groups is 2. The van der Waals surface area contributed by atoms with Crippen molar-refractivity contribution >= 4 is 50.7 Å². The van der Waals surface area contributed by atoms with Crippen molar-refractivity contribution in [3.05, 3.63) is 98.1 Å². The lowest BCUT2D eigenvalue weighted by Gasteiger charge is -2.37. The average Bonchev–Trinajstić information content (AvgIpc) is 3.32. The number of hydrogen-bond acceptors (Lipinski definition) is 4. The predicted octanol–water partition coefficient (Wildman–Crippen LogP) is 6.00. The number of fused-ring (bicyclic) bond motifs is 1. The summed E-state index contributed by atoms with van der Waals surface area (Å²) in [7, 11) is 0. The summed E-state index contributed by atoms with van der Waals surface area (Å²) in [6.07, 6.45) is 2.43. The summed E-state index contributed by atoms with van der Waals surface area (Å²) in [6, 6.07) is 16.2. The fourth-order valence-electron chi connectivity index (χ4n) is 4.01. The van der Waals surface area contributed by atoms with Crippen LogP contribution in [0, 0.1) is 0 Å². The van der Waals surface area contributed by atoms with Gasteiger partial charge in [-0.2, -0.15) is 0 Å². The van der Waals surface area contributed by atoms with Gasteiger partial charge in [0.05, 0.1) is 6.04 Å². The normalized spacial score (nSPS) is 14.9. The second-order valence-corrected chi connectivity index (χ2v) is 10.3. The molecule has 0 bridgehead atoms. The van der Waals surface area contributed by atoms with Gasteiger partial charge in [-0.15, -0.1) is 17.9 Å². The molecule has 0 N–H and O–H groups in total. The van der Waals surface area contributed by atoms with Gasteiger partial charge in [0, 0.05) is 33.0 Å². The molecule has 2 heterocycles. The van der Waals surface area contributed by atoms with Gasteiger partial charge in [-0.05, 0) is 65.9 Å². The van der Waals surface area contributed by atoms with Gasteiger partial charge in [0.25, 0.3) is 5.91 Å². The highest BCUT2D eigenvalue weighted by Crippen LogP contribution is 2.34. The lowest BCUT2D eigenvalue weighted by Crippen LogP contribution is -2.47. The largest absolute Gasteiger partial charge is 0.491 e. The van der Waals surface area contributed by atoms with Crippen LogP contribution in [0.5, 0.6) is 5.75 Å². The molecule has 1 aliphatic rings. The molecule has 1 aromatic heterocycles. The molecule has 4 rings (SSSR count).